The molecule has 1 aliphatic carbocycles. The second-order valence-corrected chi connectivity index (χ2v) is 12.3. The van der Waals surface area contributed by atoms with Crippen LogP contribution >= 0.6 is 0 Å². The second-order valence-electron chi connectivity index (χ2n) is 12.3. The Balaban J connectivity index is 1.62. The Morgan fingerprint density at radius 2 is 1.68 bits per heavy atom. The van der Waals surface area contributed by atoms with Crippen molar-refractivity contribution < 1.29 is 8.98 Å². The van der Waals surface area contributed by atoms with E-state index in [4.69, 9.17) is 9.40 Å². The van der Waals surface area contributed by atoms with Gasteiger partial charge in [-0.15, -0.1) is 0 Å². The van der Waals surface area contributed by atoms with Crippen LogP contribution in [0.15, 0.2) is 59.1 Å². The van der Waals surface area contributed by atoms with Gasteiger partial charge in [-0.25, -0.2) is 14.1 Å². The van der Waals surface area contributed by atoms with Crippen LogP contribution in [-0.4, -0.2) is 9.55 Å². The minimum atomic E-state index is 0.115. The summed E-state index contributed by atoms with van der Waals surface area (Å²) in [7, 11) is 4.42. The molecule has 4 nitrogen and oxygen atoms in total. The maximum Gasteiger partial charge on any atom is 0.293 e. The van der Waals surface area contributed by atoms with Gasteiger partial charge in [0.2, 0.25) is 5.71 Å². The Morgan fingerprint density at radius 1 is 0.919 bits per heavy atom. The number of nitrogens with zero attached hydrogens (tertiary/aromatic N) is 3. The number of hydrogen-bond donors (Lipinski definition) is 0. The number of furan rings is 1. The summed E-state index contributed by atoms with van der Waals surface area (Å²) in [5, 5.41) is 4.52. The molecule has 4 heteroatoms. The number of imidazole rings is 1. The highest BCUT2D eigenvalue weighted by atomic mass is 16.3. The molecule has 3 aromatic heterocycles. The average molecular weight is 489 g/mol. The zero-order valence-corrected chi connectivity index (χ0v) is 22.9. The summed E-state index contributed by atoms with van der Waals surface area (Å²) >= 11 is 0. The third-order valence-electron chi connectivity index (χ3n) is 9.09. The van der Waals surface area contributed by atoms with E-state index in [2.05, 4.69) is 106 Å². The SMILES string of the molecule is Cc1ccc2c(oc3ncc4ccccc4c32)c1-c1n(C)c2ccc3c(c2[n+]1C)C(C)(C)CCC3(C)C. The van der Waals surface area contributed by atoms with Crippen molar-refractivity contribution in [1.82, 2.24) is 9.55 Å². The fraction of sp³-hybridized carbons (Fsp3) is 0.333. The summed E-state index contributed by atoms with van der Waals surface area (Å²) in [5.41, 5.74) is 9.81. The number of hydrogen-bond acceptors (Lipinski definition) is 2. The van der Waals surface area contributed by atoms with Crippen molar-refractivity contribution in [3.63, 3.8) is 0 Å². The second kappa shape index (κ2) is 7.22. The molecular formula is C33H34N3O+. The van der Waals surface area contributed by atoms with Gasteiger partial charge >= 0.3 is 0 Å². The van der Waals surface area contributed by atoms with Gasteiger partial charge in [0.25, 0.3) is 5.82 Å². The molecule has 1 aliphatic rings. The molecule has 0 N–H and O–H groups in total. The molecule has 0 bridgehead atoms. The molecule has 6 aromatic rings. The maximum absolute atomic E-state index is 6.58. The summed E-state index contributed by atoms with van der Waals surface area (Å²) < 4.78 is 11.4. The standard InChI is InChI=1S/C33H34N3O/c1-19-12-13-22-26-21-11-9-8-10-20(21)18-34-30(26)37-29(22)25(19)31-35(6)24-15-14-23-27(28(24)36(31)7)33(4,5)17-16-32(23,2)3/h8-15,18H,16-17H2,1-7H3/q+1. The van der Waals surface area contributed by atoms with Crippen LogP contribution in [0.1, 0.15) is 57.2 Å². The number of pyridine rings is 1. The van der Waals surface area contributed by atoms with Crippen LogP contribution in [0.5, 0.6) is 0 Å². The first kappa shape index (κ1) is 22.5. The Hall–Kier alpha value is -3.66. The molecular weight excluding hydrogens is 454 g/mol. The monoisotopic (exact) mass is 488 g/mol. The van der Waals surface area contributed by atoms with Crippen LogP contribution < -0.4 is 4.57 Å². The quantitative estimate of drug-likeness (QED) is 0.222. The maximum atomic E-state index is 6.58. The smallest absolute Gasteiger partial charge is 0.293 e. The summed E-state index contributed by atoms with van der Waals surface area (Å²) in [5.74, 6) is 1.16. The first-order chi connectivity index (χ1) is 17.6. The molecule has 0 fully saturated rings. The van der Waals surface area contributed by atoms with E-state index in [1.54, 1.807) is 0 Å². The van der Waals surface area contributed by atoms with Crippen molar-refractivity contribution in [1.29, 1.82) is 0 Å². The molecule has 3 heterocycles. The number of aryl methyl sites for hydroxylation is 3. The Kier molecular flexibility index (Phi) is 4.40. The predicted molar refractivity (Wildman–Crippen MR) is 152 cm³/mol. The fourth-order valence-corrected chi connectivity index (χ4v) is 6.95. The number of rotatable bonds is 1. The van der Waals surface area contributed by atoms with E-state index in [-0.39, 0.29) is 10.8 Å². The van der Waals surface area contributed by atoms with Gasteiger partial charge in [0.05, 0.1) is 19.5 Å². The number of benzene rings is 3. The lowest BCUT2D eigenvalue weighted by Crippen LogP contribution is -2.38. The lowest BCUT2D eigenvalue weighted by molar-refractivity contribution is -0.634. The fourth-order valence-electron chi connectivity index (χ4n) is 6.95. The van der Waals surface area contributed by atoms with Crippen molar-refractivity contribution in [2.75, 3.05) is 0 Å². The van der Waals surface area contributed by atoms with Crippen molar-refractivity contribution in [2.24, 2.45) is 14.1 Å². The summed E-state index contributed by atoms with van der Waals surface area (Å²) in [6.45, 7) is 11.8. The van der Waals surface area contributed by atoms with Crippen LogP contribution in [0.25, 0.3) is 55.3 Å². The van der Waals surface area contributed by atoms with Crippen molar-refractivity contribution in [3.8, 4) is 11.4 Å². The highest BCUT2D eigenvalue weighted by Gasteiger charge is 2.42. The topological polar surface area (TPSA) is 34.8 Å². The van der Waals surface area contributed by atoms with E-state index in [0.29, 0.717) is 5.71 Å². The summed E-state index contributed by atoms with van der Waals surface area (Å²) in [6, 6.07) is 17.6. The zero-order chi connectivity index (χ0) is 25.9. The number of aromatic nitrogens is 3. The summed E-state index contributed by atoms with van der Waals surface area (Å²) in [6.07, 6.45) is 4.31. The molecule has 0 saturated heterocycles. The third kappa shape index (κ3) is 2.90. The molecule has 37 heavy (non-hydrogen) atoms. The minimum Gasteiger partial charge on any atom is -0.437 e. The largest absolute Gasteiger partial charge is 0.437 e. The van der Waals surface area contributed by atoms with Gasteiger partial charge in [-0.2, -0.15) is 0 Å². The van der Waals surface area contributed by atoms with Gasteiger partial charge in [0, 0.05) is 22.5 Å². The predicted octanol–water partition coefficient (Wildman–Crippen LogP) is 7.77. The molecule has 0 saturated carbocycles. The Labute approximate surface area is 217 Å². The molecule has 3 aromatic carbocycles. The molecule has 0 atom stereocenters. The van der Waals surface area contributed by atoms with Gasteiger partial charge in [0.15, 0.2) is 16.6 Å². The average Bonchev–Trinajstić information content (AvgIpc) is 3.37. The molecule has 0 unspecified atom stereocenters. The van der Waals surface area contributed by atoms with Crippen LogP contribution in [0, 0.1) is 6.92 Å². The van der Waals surface area contributed by atoms with Crippen LogP contribution in [0.3, 0.4) is 0 Å². The Morgan fingerprint density at radius 3 is 2.49 bits per heavy atom. The molecule has 186 valence electrons. The van der Waals surface area contributed by atoms with E-state index in [0.717, 1.165) is 33.1 Å². The third-order valence-corrected chi connectivity index (χ3v) is 9.09. The summed E-state index contributed by atoms with van der Waals surface area (Å²) in [4.78, 5) is 4.71. The zero-order valence-electron chi connectivity index (χ0n) is 22.9. The van der Waals surface area contributed by atoms with Crippen LogP contribution in [0.4, 0.5) is 0 Å². The van der Waals surface area contributed by atoms with Gasteiger partial charge in [-0.1, -0.05) is 70.2 Å². The first-order valence-electron chi connectivity index (χ1n) is 13.3. The lowest BCUT2D eigenvalue weighted by atomic mass is 9.63. The Bertz CT molecular complexity index is 1920. The van der Waals surface area contributed by atoms with Gasteiger partial charge in [-0.05, 0) is 53.2 Å². The van der Waals surface area contributed by atoms with Crippen molar-refractivity contribution in [2.45, 2.75) is 58.3 Å². The lowest BCUT2D eigenvalue weighted by Gasteiger charge is -2.41. The van der Waals surface area contributed by atoms with Crippen LogP contribution in [0.2, 0.25) is 0 Å². The van der Waals surface area contributed by atoms with Crippen molar-refractivity contribution >= 4 is 43.9 Å². The van der Waals surface area contributed by atoms with E-state index in [1.165, 1.54) is 46.0 Å². The molecule has 0 spiro atoms. The van der Waals surface area contributed by atoms with Gasteiger partial charge in [0.1, 0.15) is 5.56 Å². The van der Waals surface area contributed by atoms with Crippen molar-refractivity contribution in [3.05, 3.63) is 71.4 Å². The van der Waals surface area contributed by atoms with E-state index in [9.17, 15) is 0 Å². The highest BCUT2D eigenvalue weighted by molar-refractivity contribution is 6.19. The van der Waals surface area contributed by atoms with E-state index >= 15 is 0 Å². The molecule has 0 aliphatic heterocycles. The number of fused-ring (bicyclic) bond motifs is 8. The first-order valence-corrected chi connectivity index (χ1v) is 13.3. The molecule has 0 radical (unpaired) electrons. The highest BCUT2D eigenvalue weighted by Crippen LogP contribution is 2.48. The van der Waals surface area contributed by atoms with E-state index < -0.39 is 0 Å². The molecule has 7 rings (SSSR count). The molecule has 0 amide bonds. The van der Waals surface area contributed by atoms with Gasteiger partial charge < -0.3 is 4.42 Å². The normalized spacial score (nSPS) is 16.7. The van der Waals surface area contributed by atoms with Gasteiger partial charge in [-0.3, -0.25) is 0 Å². The minimum absolute atomic E-state index is 0.115. The van der Waals surface area contributed by atoms with Crippen LogP contribution in [-0.2, 0) is 24.9 Å². The van der Waals surface area contributed by atoms with E-state index in [1.807, 2.05) is 6.20 Å².